The Hall–Kier alpha value is -1.86. The van der Waals surface area contributed by atoms with Crippen molar-refractivity contribution in [3.63, 3.8) is 0 Å². The van der Waals surface area contributed by atoms with E-state index in [-0.39, 0.29) is 17.9 Å². The third kappa shape index (κ3) is 3.62. The number of carbonyl (C=O) groups excluding carboxylic acids is 1. The largest absolute Gasteiger partial charge is 0.496 e. The van der Waals surface area contributed by atoms with Gasteiger partial charge in [-0.05, 0) is 47.9 Å². The van der Waals surface area contributed by atoms with E-state index in [1.165, 1.54) is 11.3 Å². The monoisotopic (exact) mass is 409 g/mol. The van der Waals surface area contributed by atoms with Crippen molar-refractivity contribution in [3.05, 3.63) is 44.7 Å². The quantitative estimate of drug-likeness (QED) is 0.746. The minimum Gasteiger partial charge on any atom is -0.496 e. The summed E-state index contributed by atoms with van der Waals surface area (Å²) in [6, 6.07) is 5.44. The molecule has 1 aromatic carbocycles. The molecule has 0 aliphatic heterocycles. The number of rotatable bonds is 6. The van der Waals surface area contributed by atoms with Crippen LogP contribution in [0.4, 0.5) is 5.00 Å². The number of carboxylic acid groups (broad SMARTS) is 1. The Morgan fingerprint density at radius 3 is 2.79 bits per heavy atom. The number of anilines is 1. The summed E-state index contributed by atoms with van der Waals surface area (Å²) in [5.41, 5.74) is 1.81. The average Bonchev–Trinajstić information content (AvgIpc) is 3.28. The van der Waals surface area contributed by atoms with Gasteiger partial charge in [0.2, 0.25) is 5.91 Å². The zero-order valence-electron chi connectivity index (χ0n) is 13.0. The molecule has 126 valence electrons. The maximum Gasteiger partial charge on any atom is 0.339 e. The number of hydrogen-bond acceptors (Lipinski definition) is 4. The van der Waals surface area contributed by atoms with Gasteiger partial charge in [0.15, 0.2) is 0 Å². The van der Waals surface area contributed by atoms with Crippen molar-refractivity contribution in [2.75, 3.05) is 12.4 Å². The van der Waals surface area contributed by atoms with Crippen LogP contribution >= 0.6 is 27.3 Å². The normalized spacial score (nSPS) is 13.6. The Morgan fingerprint density at radius 2 is 2.17 bits per heavy atom. The van der Waals surface area contributed by atoms with Gasteiger partial charge in [-0.25, -0.2) is 4.79 Å². The number of halogens is 1. The number of carboxylic acids is 1. The summed E-state index contributed by atoms with van der Waals surface area (Å²) in [6.07, 6.45) is 2.14. The van der Waals surface area contributed by atoms with Gasteiger partial charge in [0.25, 0.3) is 0 Å². The summed E-state index contributed by atoms with van der Waals surface area (Å²) in [6.45, 7) is 0. The zero-order chi connectivity index (χ0) is 17.3. The first-order valence-electron chi connectivity index (χ1n) is 7.46. The Balaban J connectivity index is 1.78. The number of amides is 1. The van der Waals surface area contributed by atoms with E-state index < -0.39 is 5.97 Å². The van der Waals surface area contributed by atoms with E-state index in [4.69, 9.17) is 4.74 Å². The minimum atomic E-state index is -0.992. The Kier molecular flexibility index (Phi) is 4.91. The summed E-state index contributed by atoms with van der Waals surface area (Å²) < 4.78 is 6.12. The standard InChI is InChI=1S/C17H16BrNO4S/c1-23-13-5-4-11(18)6-10(13)7-14(20)19-16-15(17(21)22)12(8-24-16)9-2-3-9/h4-6,8-9H,2-3,7H2,1H3,(H,19,20)(H,21,22). The van der Waals surface area contributed by atoms with Gasteiger partial charge in [-0.1, -0.05) is 15.9 Å². The van der Waals surface area contributed by atoms with Gasteiger partial charge in [0, 0.05) is 10.0 Å². The topological polar surface area (TPSA) is 75.6 Å². The van der Waals surface area contributed by atoms with E-state index in [0.29, 0.717) is 16.7 Å². The van der Waals surface area contributed by atoms with Crippen molar-refractivity contribution in [2.24, 2.45) is 0 Å². The molecule has 1 fully saturated rings. The molecule has 1 saturated carbocycles. The number of thiophene rings is 1. The number of nitrogens with one attached hydrogen (secondary N) is 1. The van der Waals surface area contributed by atoms with Crippen molar-refractivity contribution in [1.82, 2.24) is 0 Å². The molecule has 1 amide bonds. The van der Waals surface area contributed by atoms with E-state index in [0.717, 1.165) is 28.4 Å². The first-order valence-corrected chi connectivity index (χ1v) is 9.13. The summed E-state index contributed by atoms with van der Waals surface area (Å²) in [5.74, 6) is -0.314. The second kappa shape index (κ2) is 6.94. The molecule has 7 heteroatoms. The number of aromatic carboxylic acids is 1. The Labute approximate surface area is 151 Å². The summed E-state index contributed by atoms with van der Waals surface area (Å²) in [7, 11) is 1.55. The molecule has 5 nitrogen and oxygen atoms in total. The van der Waals surface area contributed by atoms with Gasteiger partial charge >= 0.3 is 5.97 Å². The lowest BCUT2D eigenvalue weighted by molar-refractivity contribution is -0.115. The molecule has 0 bridgehead atoms. The van der Waals surface area contributed by atoms with Gasteiger partial charge in [0.05, 0.1) is 19.1 Å². The summed E-state index contributed by atoms with van der Waals surface area (Å²) in [5, 5.41) is 14.5. The van der Waals surface area contributed by atoms with Gasteiger partial charge < -0.3 is 15.2 Å². The maximum atomic E-state index is 12.4. The van der Waals surface area contributed by atoms with E-state index in [9.17, 15) is 14.7 Å². The van der Waals surface area contributed by atoms with Gasteiger partial charge in [-0.3, -0.25) is 4.79 Å². The highest BCUT2D eigenvalue weighted by Crippen LogP contribution is 2.45. The molecule has 0 atom stereocenters. The van der Waals surface area contributed by atoms with Crippen LogP contribution in [0.3, 0.4) is 0 Å². The molecular weight excluding hydrogens is 394 g/mol. The van der Waals surface area contributed by atoms with Crippen LogP contribution in [0.25, 0.3) is 0 Å². The van der Waals surface area contributed by atoms with E-state index >= 15 is 0 Å². The minimum absolute atomic E-state index is 0.109. The zero-order valence-corrected chi connectivity index (χ0v) is 15.4. The molecule has 2 aromatic rings. The van der Waals surface area contributed by atoms with Crippen LogP contribution < -0.4 is 10.1 Å². The molecule has 0 saturated heterocycles. The number of benzene rings is 1. The first-order chi connectivity index (χ1) is 11.5. The van der Waals surface area contributed by atoms with Crippen LogP contribution in [0.2, 0.25) is 0 Å². The smallest absolute Gasteiger partial charge is 0.339 e. The molecule has 1 aromatic heterocycles. The molecule has 2 N–H and O–H groups in total. The summed E-state index contributed by atoms with van der Waals surface area (Å²) >= 11 is 4.65. The van der Waals surface area contributed by atoms with Gasteiger partial charge in [-0.2, -0.15) is 0 Å². The highest BCUT2D eigenvalue weighted by atomic mass is 79.9. The average molecular weight is 410 g/mol. The molecule has 24 heavy (non-hydrogen) atoms. The second-order valence-electron chi connectivity index (χ2n) is 5.66. The van der Waals surface area contributed by atoms with Crippen LogP contribution in [-0.4, -0.2) is 24.1 Å². The van der Waals surface area contributed by atoms with Crippen LogP contribution in [0.15, 0.2) is 28.1 Å². The fraction of sp³-hybridized carbons (Fsp3) is 0.294. The predicted octanol–water partition coefficient (Wildman–Crippen LogP) is 4.28. The van der Waals surface area contributed by atoms with Crippen molar-refractivity contribution >= 4 is 44.1 Å². The fourth-order valence-electron chi connectivity index (χ4n) is 2.61. The Bertz CT molecular complexity index is 798. The number of carbonyl (C=O) groups is 2. The molecular formula is C17H16BrNO4S. The lowest BCUT2D eigenvalue weighted by Crippen LogP contribution is -2.16. The van der Waals surface area contributed by atoms with Crippen molar-refractivity contribution in [1.29, 1.82) is 0 Å². The molecule has 1 aliphatic carbocycles. The molecule has 1 aliphatic rings. The molecule has 0 radical (unpaired) electrons. The van der Waals surface area contributed by atoms with Crippen LogP contribution in [-0.2, 0) is 11.2 Å². The van der Waals surface area contributed by atoms with E-state index in [2.05, 4.69) is 21.2 Å². The van der Waals surface area contributed by atoms with Gasteiger partial charge in [-0.15, -0.1) is 11.3 Å². The van der Waals surface area contributed by atoms with Crippen LogP contribution in [0.1, 0.15) is 40.2 Å². The number of hydrogen-bond donors (Lipinski definition) is 2. The first kappa shape index (κ1) is 17.0. The van der Waals surface area contributed by atoms with E-state index in [1.54, 1.807) is 13.2 Å². The highest BCUT2D eigenvalue weighted by Gasteiger charge is 2.31. The van der Waals surface area contributed by atoms with E-state index in [1.807, 2.05) is 17.5 Å². The molecule has 0 spiro atoms. The van der Waals surface area contributed by atoms with Crippen molar-refractivity contribution in [3.8, 4) is 5.75 Å². The SMILES string of the molecule is COc1ccc(Br)cc1CC(=O)Nc1scc(C2CC2)c1C(=O)O. The molecule has 1 heterocycles. The lowest BCUT2D eigenvalue weighted by atomic mass is 10.1. The number of ether oxygens (including phenoxy) is 1. The van der Waals surface area contributed by atoms with Gasteiger partial charge in [0.1, 0.15) is 10.8 Å². The third-order valence-electron chi connectivity index (χ3n) is 3.90. The molecule has 0 unspecified atom stereocenters. The lowest BCUT2D eigenvalue weighted by Gasteiger charge is -2.09. The fourth-order valence-corrected chi connectivity index (χ4v) is 4.07. The van der Waals surface area contributed by atoms with Crippen LogP contribution in [0, 0.1) is 0 Å². The van der Waals surface area contributed by atoms with Crippen molar-refractivity contribution in [2.45, 2.75) is 25.2 Å². The molecule has 3 rings (SSSR count). The maximum absolute atomic E-state index is 12.4. The third-order valence-corrected chi connectivity index (χ3v) is 5.30. The van der Waals surface area contributed by atoms with Crippen LogP contribution in [0.5, 0.6) is 5.75 Å². The number of methoxy groups -OCH3 is 1. The highest BCUT2D eigenvalue weighted by molar-refractivity contribution is 9.10. The predicted molar refractivity (Wildman–Crippen MR) is 96.3 cm³/mol. The Morgan fingerprint density at radius 1 is 1.42 bits per heavy atom. The summed E-state index contributed by atoms with van der Waals surface area (Å²) in [4.78, 5) is 23.9. The second-order valence-corrected chi connectivity index (χ2v) is 7.45. The van der Waals surface area contributed by atoms with Crippen molar-refractivity contribution < 1.29 is 19.4 Å².